The minimum absolute atomic E-state index is 0.313. The molecular weight excluding hydrogens is 238 g/mol. The number of aromatic nitrogens is 1. The minimum Gasteiger partial charge on any atom is -0.396 e. The Kier molecular flexibility index (Phi) is 5.61. The Labute approximate surface area is 115 Å². The number of nitrogens with one attached hydrogen (secondary N) is 1. The van der Waals surface area contributed by atoms with Crippen LogP contribution in [0, 0.1) is 5.92 Å². The molecule has 0 aromatic carbocycles. The van der Waals surface area contributed by atoms with E-state index in [1.807, 2.05) is 12.3 Å². The average molecular weight is 263 g/mol. The lowest BCUT2D eigenvalue weighted by Crippen LogP contribution is -2.21. The van der Waals surface area contributed by atoms with Gasteiger partial charge in [-0.2, -0.15) is 0 Å². The van der Waals surface area contributed by atoms with Crippen LogP contribution in [0.2, 0.25) is 0 Å². The van der Waals surface area contributed by atoms with Crippen LogP contribution in [0.3, 0.4) is 0 Å². The Balaban J connectivity index is 1.85. The van der Waals surface area contributed by atoms with Gasteiger partial charge in [-0.15, -0.1) is 0 Å². The second kappa shape index (κ2) is 7.46. The van der Waals surface area contributed by atoms with Gasteiger partial charge in [0, 0.05) is 38.1 Å². The highest BCUT2D eigenvalue weighted by Gasteiger charge is 2.22. The monoisotopic (exact) mass is 263 g/mol. The summed E-state index contributed by atoms with van der Waals surface area (Å²) in [5, 5.41) is 12.4. The van der Waals surface area contributed by atoms with Crippen molar-refractivity contribution in [2.24, 2.45) is 5.92 Å². The maximum absolute atomic E-state index is 8.98. The van der Waals surface area contributed by atoms with Crippen LogP contribution in [0.15, 0.2) is 18.3 Å². The van der Waals surface area contributed by atoms with Gasteiger partial charge in [-0.1, -0.05) is 6.92 Å². The molecule has 1 aromatic heterocycles. The number of aliphatic hydroxyl groups excluding tert-OH is 1. The maximum Gasteiger partial charge on any atom is 0.0564 e. The topological polar surface area (TPSA) is 48.4 Å². The van der Waals surface area contributed by atoms with Crippen LogP contribution in [0.25, 0.3) is 0 Å². The highest BCUT2D eigenvalue weighted by Crippen LogP contribution is 2.21. The number of pyridine rings is 1. The summed E-state index contributed by atoms with van der Waals surface area (Å²) in [6.45, 7) is 6.62. The molecule has 0 spiro atoms. The number of hydrogen-bond donors (Lipinski definition) is 2. The molecule has 0 bridgehead atoms. The van der Waals surface area contributed by atoms with Gasteiger partial charge in [0.25, 0.3) is 0 Å². The Morgan fingerprint density at radius 3 is 3.21 bits per heavy atom. The molecule has 1 saturated heterocycles. The molecule has 0 aliphatic carbocycles. The molecule has 4 nitrogen and oxygen atoms in total. The fraction of sp³-hybridized carbons (Fsp3) is 0.667. The van der Waals surface area contributed by atoms with Gasteiger partial charge in [-0.05, 0) is 43.9 Å². The normalized spacial score (nSPS) is 19.8. The average Bonchev–Trinajstić information content (AvgIpc) is 2.85. The smallest absolute Gasteiger partial charge is 0.0564 e. The van der Waals surface area contributed by atoms with Crippen LogP contribution >= 0.6 is 0 Å². The Hall–Kier alpha value is -1.13. The number of anilines is 1. The maximum atomic E-state index is 8.98. The summed E-state index contributed by atoms with van der Waals surface area (Å²) in [6.07, 6.45) is 5.15. The third-order valence-corrected chi connectivity index (χ3v) is 3.69. The fourth-order valence-corrected chi connectivity index (χ4v) is 2.65. The van der Waals surface area contributed by atoms with Crippen molar-refractivity contribution in [1.82, 2.24) is 9.88 Å². The lowest BCUT2D eigenvalue weighted by Gasteiger charge is -2.16. The molecule has 1 fully saturated rings. The molecule has 2 rings (SSSR count). The summed E-state index contributed by atoms with van der Waals surface area (Å²) in [4.78, 5) is 6.89. The van der Waals surface area contributed by atoms with Crippen LogP contribution in [0.1, 0.15) is 31.9 Å². The van der Waals surface area contributed by atoms with Gasteiger partial charge in [-0.3, -0.25) is 9.88 Å². The van der Waals surface area contributed by atoms with Crippen molar-refractivity contribution in [3.8, 4) is 0 Å². The summed E-state index contributed by atoms with van der Waals surface area (Å²) in [6, 6.07) is 4.17. The summed E-state index contributed by atoms with van der Waals surface area (Å²) in [7, 11) is 0. The predicted octanol–water partition coefficient (Wildman–Crippen LogP) is 2.11. The first-order valence-electron chi connectivity index (χ1n) is 7.34. The number of hydrogen-bond acceptors (Lipinski definition) is 4. The first-order chi connectivity index (χ1) is 9.31. The van der Waals surface area contributed by atoms with Gasteiger partial charge < -0.3 is 10.4 Å². The first kappa shape index (κ1) is 14.3. The van der Waals surface area contributed by atoms with Crippen LogP contribution in [0.5, 0.6) is 0 Å². The predicted molar refractivity (Wildman–Crippen MR) is 78.1 cm³/mol. The fourth-order valence-electron chi connectivity index (χ4n) is 2.65. The van der Waals surface area contributed by atoms with Gasteiger partial charge >= 0.3 is 0 Å². The number of likely N-dealkylation sites (tertiary alicyclic amines) is 1. The third kappa shape index (κ3) is 4.48. The van der Waals surface area contributed by atoms with Crippen LogP contribution in [-0.4, -0.2) is 41.2 Å². The Morgan fingerprint density at radius 1 is 1.53 bits per heavy atom. The van der Waals surface area contributed by atoms with Crippen molar-refractivity contribution < 1.29 is 5.11 Å². The number of rotatable bonds is 7. The van der Waals surface area contributed by atoms with Crippen molar-refractivity contribution in [3.63, 3.8) is 0 Å². The summed E-state index contributed by atoms with van der Waals surface area (Å²) < 4.78 is 0. The minimum atomic E-state index is 0.313. The molecule has 2 heterocycles. The van der Waals surface area contributed by atoms with Crippen molar-refractivity contribution in [2.75, 3.05) is 31.6 Å². The van der Waals surface area contributed by atoms with Gasteiger partial charge in [0.05, 0.1) is 5.69 Å². The van der Waals surface area contributed by atoms with Crippen molar-refractivity contribution in [1.29, 1.82) is 0 Å². The van der Waals surface area contributed by atoms with E-state index in [9.17, 15) is 0 Å². The molecule has 2 N–H and O–H groups in total. The first-order valence-corrected chi connectivity index (χ1v) is 7.34. The highest BCUT2D eigenvalue weighted by molar-refractivity contribution is 5.43. The molecule has 106 valence electrons. The molecule has 1 aromatic rings. The van der Waals surface area contributed by atoms with E-state index in [1.165, 1.54) is 6.42 Å². The van der Waals surface area contributed by atoms with E-state index in [4.69, 9.17) is 5.11 Å². The second-order valence-electron chi connectivity index (χ2n) is 5.36. The largest absolute Gasteiger partial charge is 0.396 e. The van der Waals surface area contributed by atoms with E-state index in [0.29, 0.717) is 12.5 Å². The molecule has 1 atom stereocenters. The van der Waals surface area contributed by atoms with E-state index >= 15 is 0 Å². The van der Waals surface area contributed by atoms with Crippen LogP contribution in [-0.2, 0) is 6.54 Å². The SMILES string of the molecule is CCCNc1ccnc(CN2CCC(CCO)C2)c1. The zero-order valence-electron chi connectivity index (χ0n) is 11.8. The molecule has 4 heteroatoms. The van der Waals surface area contributed by atoms with Crippen LogP contribution in [0.4, 0.5) is 5.69 Å². The highest BCUT2D eigenvalue weighted by atomic mass is 16.3. The molecule has 1 aliphatic heterocycles. The van der Waals surface area contributed by atoms with E-state index in [-0.39, 0.29) is 0 Å². The number of aliphatic hydroxyl groups is 1. The third-order valence-electron chi connectivity index (χ3n) is 3.69. The van der Waals surface area contributed by atoms with Gasteiger partial charge in [-0.25, -0.2) is 0 Å². The quantitative estimate of drug-likeness (QED) is 0.791. The lowest BCUT2D eigenvalue weighted by molar-refractivity contribution is 0.249. The summed E-state index contributed by atoms with van der Waals surface area (Å²) >= 11 is 0. The van der Waals surface area contributed by atoms with Crippen molar-refractivity contribution in [2.45, 2.75) is 32.7 Å². The van der Waals surface area contributed by atoms with Gasteiger partial charge in [0.1, 0.15) is 0 Å². The van der Waals surface area contributed by atoms with Gasteiger partial charge in [0.2, 0.25) is 0 Å². The lowest BCUT2D eigenvalue weighted by atomic mass is 10.1. The molecule has 0 saturated carbocycles. The van der Waals surface area contributed by atoms with E-state index < -0.39 is 0 Å². The van der Waals surface area contributed by atoms with E-state index in [1.54, 1.807) is 0 Å². The van der Waals surface area contributed by atoms with Crippen molar-refractivity contribution >= 4 is 5.69 Å². The second-order valence-corrected chi connectivity index (χ2v) is 5.36. The van der Waals surface area contributed by atoms with Gasteiger partial charge in [0.15, 0.2) is 0 Å². The van der Waals surface area contributed by atoms with Crippen LogP contribution < -0.4 is 5.32 Å². The molecular formula is C15H25N3O. The zero-order chi connectivity index (χ0) is 13.5. The molecule has 1 aliphatic rings. The Bertz CT molecular complexity index is 383. The Morgan fingerprint density at radius 2 is 2.42 bits per heavy atom. The number of nitrogens with zero attached hydrogens (tertiary/aromatic N) is 2. The molecule has 0 radical (unpaired) electrons. The van der Waals surface area contributed by atoms with E-state index in [0.717, 1.165) is 50.4 Å². The molecule has 1 unspecified atom stereocenters. The summed E-state index contributed by atoms with van der Waals surface area (Å²) in [5.74, 6) is 0.659. The zero-order valence-corrected chi connectivity index (χ0v) is 11.8. The standard InChI is InChI=1S/C15H25N3O/c1-2-6-16-14-3-7-17-15(10-14)12-18-8-4-13(11-18)5-9-19/h3,7,10,13,19H,2,4-6,8-9,11-12H2,1H3,(H,16,17). The van der Waals surface area contributed by atoms with Crippen molar-refractivity contribution in [3.05, 3.63) is 24.0 Å². The molecule has 0 amide bonds. The summed E-state index contributed by atoms with van der Waals surface area (Å²) in [5.41, 5.74) is 2.30. The molecule has 19 heavy (non-hydrogen) atoms. The van der Waals surface area contributed by atoms with E-state index in [2.05, 4.69) is 28.2 Å².